The largest absolute Gasteiger partial charge is 0.477 e. The number of likely N-dealkylation sites (tertiary alicyclic amines) is 1. The Balaban J connectivity index is 1.90. The van der Waals surface area contributed by atoms with Gasteiger partial charge in [-0.2, -0.15) is 0 Å². The van der Waals surface area contributed by atoms with Crippen LogP contribution in [-0.2, 0) is 24.3 Å². The molecule has 0 saturated carbocycles. The number of nitrogens with zero attached hydrogens (tertiary/aromatic N) is 3. The quantitative estimate of drug-likeness (QED) is 0.845. The SMILES string of the molecule is CCCN1CCCC(Cn2cc3c(c(C(=O)O)c2=O)CCN(C(C)=O)C3)C1. The van der Waals surface area contributed by atoms with Gasteiger partial charge >= 0.3 is 5.97 Å². The number of amides is 1. The topological polar surface area (TPSA) is 82.8 Å². The lowest BCUT2D eigenvalue weighted by Crippen LogP contribution is -2.41. The van der Waals surface area contributed by atoms with E-state index in [1.807, 2.05) is 0 Å². The van der Waals surface area contributed by atoms with Crippen molar-refractivity contribution in [2.24, 2.45) is 5.92 Å². The van der Waals surface area contributed by atoms with Crippen LogP contribution in [0.2, 0.25) is 0 Å². The highest BCUT2D eigenvalue weighted by atomic mass is 16.4. The third-order valence-electron chi connectivity index (χ3n) is 5.73. The summed E-state index contributed by atoms with van der Waals surface area (Å²) in [6.07, 6.45) is 5.47. The number of carbonyl (C=O) groups excluding carboxylic acids is 1. The van der Waals surface area contributed by atoms with Crippen LogP contribution in [0.25, 0.3) is 0 Å². The molecule has 7 heteroatoms. The lowest BCUT2D eigenvalue weighted by molar-refractivity contribution is -0.129. The van der Waals surface area contributed by atoms with Crippen molar-refractivity contribution in [2.45, 2.75) is 52.6 Å². The average Bonchev–Trinajstić information content (AvgIpc) is 2.62. The molecule has 1 amide bonds. The molecule has 148 valence electrons. The Morgan fingerprint density at radius 2 is 2.07 bits per heavy atom. The van der Waals surface area contributed by atoms with Gasteiger partial charge in [0.25, 0.3) is 5.56 Å². The molecule has 1 aromatic rings. The molecule has 1 unspecified atom stereocenters. The number of carboxylic acid groups (broad SMARTS) is 1. The number of fused-ring (bicyclic) bond motifs is 1. The molecule has 1 saturated heterocycles. The molecule has 1 fully saturated rings. The van der Waals surface area contributed by atoms with Crippen molar-refractivity contribution < 1.29 is 14.7 Å². The van der Waals surface area contributed by atoms with Crippen molar-refractivity contribution >= 4 is 11.9 Å². The van der Waals surface area contributed by atoms with Crippen molar-refractivity contribution in [2.75, 3.05) is 26.2 Å². The molecule has 0 aromatic carbocycles. The maximum Gasteiger partial charge on any atom is 0.341 e. The molecular formula is C20H29N3O4. The van der Waals surface area contributed by atoms with Crippen molar-refractivity contribution in [3.8, 4) is 0 Å². The highest BCUT2D eigenvalue weighted by molar-refractivity contribution is 5.89. The van der Waals surface area contributed by atoms with E-state index >= 15 is 0 Å². The molecule has 1 aromatic heterocycles. The molecule has 0 spiro atoms. The normalized spacial score (nSPS) is 20.4. The molecule has 0 bridgehead atoms. The van der Waals surface area contributed by atoms with Gasteiger partial charge in [0.1, 0.15) is 5.56 Å². The van der Waals surface area contributed by atoms with Crippen LogP contribution < -0.4 is 5.56 Å². The van der Waals surface area contributed by atoms with Gasteiger partial charge in [-0.05, 0) is 55.8 Å². The summed E-state index contributed by atoms with van der Waals surface area (Å²) < 4.78 is 1.58. The zero-order chi connectivity index (χ0) is 19.6. The predicted octanol–water partition coefficient (Wildman–Crippen LogP) is 1.57. The molecule has 0 radical (unpaired) electrons. The second-order valence-electron chi connectivity index (χ2n) is 7.77. The Morgan fingerprint density at radius 3 is 2.74 bits per heavy atom. The standard InChI is InChI=1S/C20H29N3O4/c1-3-7-21-8-4-5-15(10-21)11-23-13-16-12-22(14(2)24)9-6-17(16)18(19(23)25)20(26)27/h13,15H,3-12H2,1-2H3,(H,26,27). The molecular weight excluding hydrogens is 346 g/mol. The Hall–Kier alpha value is -2.15. The van der Waals surface area contributed by atoms with E-state index in [-0.39, 0.29) is 11.5 Å². The number of carbonyl (C=O) groups is 2. The van der Waals surface area contributed by atoms with Crippen LogP contribution in [0.15, 0.2) is 11.0 Å². The third kappa shape index (κ3) is 4.24. The molecule has 2 aliphatic heterocycles. The summed E-state index contributed by atoms with van der Waals surface area (Å²) in [6.45, 7) is 8.15. The first-order valence-electron chi connectivity index (χ1n) is 9.87. The summed E-state index contributed by atoms with van der Waals surface area (Å²) in [5.74, 6) is -0.855. The monoisotopic (exact) mass is 375 g/mol. The second kappa shape index (κ2) is 8.25. The fraction of sp³-hybridized carbons (Fsp3) is 0.650. The first-order chi connectivity index (χ1) is 12.9. The minimum Gasteiger partial charge on any atom is -0.477 e. The minimum atomic E-state index is -1.17. The van der Waals surface area contributed by atoms with Gasteiger partial charge in [-0.1, -0.05) is 6.92 Å². The van der Waals surface area contributed by atoms with Gasteiger partial charge in [-0.25, -0.2) is 4.79 Å². The Kier molecular flexibility index (Phi) is 5.99. The Morgan fingerprint density at radius 1 is 1.30 bits per heavy atom. The van der Waals surface area contributed by atoms with E-state index in [1.54, 1.807) is 15.7 Å². The maximum atomic E-state index is 12.9. The molecule has 1 atom stereocenters. The number of pyridine rings is 1. The summed E-state index contributed by atoms with van der Waals surface area (Å²) in [5, 5.41) is 9.64. The Bertz CT molecular complexity index is 784. The van der Waals surface area contributed by atoms with E-state index < -0.39 is 11.5 Å². The van der Waals surface area contributed by atoms with Crippen LogP contribution >= 0.6 is 0 Å². The van der Waals surface area contributed by atoms with Gasteiger partial charge in [-0.15, -0.1) is 0 Å². The van der Waals surface area contributed by atoms with Crippen LogP contribution in [0.5, 0.6) is 0 Å². The van der Waals surface area contributed by atoms with Gasteiger partial charge in [0.15, 0.2) is 0 Å². The number of hydrogen-bond acceptors (Lipinski definition) is 4. The zero-order valence-electron chi connectivity index (χ0n) is 16.2. The van der Waals surface area contributed by atoms with Gasteiger partial charge < -0.3 is 19.5 Å². The second-order valence-corrected chi connectivity index (χ2v) is 7.77. The predicted molar refractivity (Wildman–Crippen MR) is 102 cm³/mol. The number of rotatable bonds is 5. The fourth-order valence-corrected chi connectivity index (χ4v) is 4.43. The molecule has 27 heavy (non-hydrogen) atoms. The summed E-state index contributed by atoms with van der Waals surface area (Å²) in [6, 6.07) is 0. The first kappa shape index (κ1) is 19.6. The van der Waals surface area contributed by atoms with Crippen molar-refractivity contribution in [3.05, 3.63) is 33.2 Å². The number of aromatic carboxylic acids is 1. The first-order valence-corrected chi connectivity index (χ1v) is 9.87. The van der Waals surface area contributed by atoms with Crippen LogP contribution in [-0.4, -0.2) is 57.5 Å². The van der Waals surface area contributed by atoms with E-state index in [0.29, 0.717) is 37.5 Å². The van der Waals surface area contributed by atoms with Crippen LogP contribution in [0, 0.1) is 5.92 Å². The summed E-state index contributed by atoms with van der Waals surface area (Å²) in [7, 11) is 0. The summed E-state index contributed by atoms with van der Waals surface area (Å²) >= 11 is 0. The van der Waals surface area contributed by atoms with E-state index in [4.69, 9.17) is 0 Å². The maximum absolute atomic E-state index is 12.9. The van der Waals surface area contributed by atoms with E-state index in [1.165, 1.54) is 6.92 Å². The number of piperidine rings is 1. The smallest absolute Gasteiger partial charge is 0.341 e. The number of aromatic nitrogens is 1. The van der Waals surface area contributed by atoms with Crippen molar-refractivity contribution in [1.82, 2.24) is 14.4 Å². The molecule has 7 nitrogen and oxygen atoms in total. The highest BCUT2D eigenvalue weighted by Gasteiger charge is 2.28. The molecule has 3 heterocycles. The summed E-state index contributed by atoms with van der Waals surface area (Å²) in [5.41, 5.74) is 0.856. The molecule has 1 N–H and O–H groups in total. The number of carboxylic acids is 1. The van der Waals surface area contributed by atoms with Crippen molar-refractivity contribution in [3.63, 3.8) is 0 Å². The fourth-order valence-electron chi connectivity index (χ4n) is 4.43. The van der Waals surface area contributed by atoms with Crippen LogP contribution in [0.4, 0.5) is 0 Å². The minimum absolute atomic E-state index is 0.0298. The molecule has 3 rings (SSSR count). The van der Waals surface area contributed by atoms with E-state index in [9.17, 15) is 19.5 Å². The van der Waals surface area contributed by atoms with Gasteiger partial charge in [0, 0.05) is 39.3 Å². The van der Waals surface area contributed by atoms with Crippen molar-refractivity contribution in [1.29, 1.82) is 0 Å². The zero-order valence-corrected chi connectivity index (χ0v) is 16.2. The molecule has 2 aliphatic rings. The van der Waals surface area contributed by atoms with Crippen LogP contribution in [0.3, 0.4) is 0 Å². The third-order valence-corrected chi connectivity index (χ3v) is 5.73. The van der Waals surface area contributed by atoms with E-state index in [2.05, 4.69) is 11.8 Å². The highest BCUT2D eigenvalue weighted by Crippen LogP contribution is 2.23. The van der Waals surface area contributed by atoms with Gasteiger partial charge in [0.05, 0.1) is 0 Å². The number of hydrogen-bond donors (Lipinski definition) is 1. The molecule has 0 aliphatic carbocycles. The van der Waals surface area contributed by atoms with Gasteiger partial charge in [-0.3, -0.25) is 9.59 Å². The van der Waals surface area contributed by atoms with E-state index in [0.717, 1.165) is 44.5 Å². The van der Waals surface area contributed by atoms with Gasteiger partial charge in [0.2, 0.25) is 5.91 Å². The summed E-state index contributed by atoms with van der Waals surface area (Å²) in [4.78, 5) is 40.5. The lowest BCUT2D eigenvalue weighted by atomic mass is 9.95. The lowest BCUT2D eigenvalue weighted by Gasteiger charge is -2.33. The average molecular weight is 375 g/mol. The van der Waals surface area contributed by atoms with Crippen LogP contribution in [0.1, 0.15) is 54.6 Å². The Labute approximate surface area is 159 Å².